The van der Waals surface area contributed by atoms with Crippen LogP contribution >= 0.6 is 0 Å². The van der Waals surface area contributed by atoms with Crippen LogP contribution in [0, 0.1) is 11.8 Å². The van der Waals surface area contributed by atoms with Crippen molar-refractivity contribution in [1.29, 1.82) is 0 Å². The van der Waals surface area contributed by atoms with Crippen molar-refractivity contribution in [3.8, 4) is 0 Å². The standard InChI is InChI=1S/C25H41N7O4/c1-16(2)14-20-22(33)28-12-10-26-8-9-27-11-13-29-23(34)21(15-17(3)4)32-25(36)19-7-5-6-18(30-19)24(35)31-20/h5-7,16-17,20-21,26-27H,8-15H2,1-4H3,(H,28,33)(H,29,34)(H,31,35)(H,32,36)/t20-,21-/m0/s1. The molecule has 0 unspecified atom stereocenters. The number of carbonyl (C=O) groups is 4. The van der Waals surface area contributed by atoms with E-state index in [1.54, 1.807) is 6.07 Å². The van der Waals surface area contributed by atoms with Crippen molar-refractivity contribution >= 4 is 23.6 Å². The number of rotatable bonds is 4. The highest BCUT2D eigenvalue weighted by Gasteiger charge is 2.25. The Kier molecular flexibility index (Phi) is 12.3. The minimum atomic E-state index is -0.730. The Morgan fingerprint density at radius 2 is 1.08 bits per heavy atom. The summed E-state index contributed by atoms with van der Waals surface area (Å²) in [7, 11) is 0. The van der Waals surface area contributed by atoms with E-state index in [1.165, 1.54) is 12.1 Å². The lowest BCUT2D eigenvalue weighted by Crippen LogP contribution is -2.49. The minimum Gasteiger partial charge on any atom is -0.353 e. The number of fused-ring (bicyclic) bond motifs is 2. The Labute approximate surface area is 213 Å². The summed E-state index contributed by atoms with van der Waals surface area (Å²) in [6.45, 7) is 11.3. The summed E-state index contributed by atoms with van der Waals surface area (Å²) in [5, 5.41) is 17.7. The maximum Gasteiger partial charge on any atom is 0.270 e. The molecule has 0 saturated heterocycles. The zero-order valence-corrected chi connectivity index (χ0v) is 21.8. The molecule has 200 valence electrons. The molecule has 2 heterocycles. The number of nitrogens with one attached hydrogen (secondary N) is 6. The zero-order valence-electron chi connectivity index (χ0n) is 21.8. The van der Waals surface area contributed by atoms with Gasteiger partial charge in [-0.3, -0.25) is 19.2 Å². The van der Waals surface area contributed by atoms with Crippen molar-refractivity contribution in [2.24, 2.45) is 11.8 Å². The van der Waals surface area contributed by atoms with Gasteiger partial charge in [0.05, 0.1) is 0 Å². The van der Waals surface area contributed by atoms with Crippen LogP contribution in [0.25, 0.3) is 0 Å². The molecular weight excluding hydrogens is 462 g/mol. The number of aromatic nitrogens is 1. The molecule has 2 atom stereocenters. The molecule has 6 N–H and O–H groups in total. The lowest BCUT2D eigenvalue weighted by molar-refractivity contribution is -0.124. The fraction of sp³-hybridized carbons (Fsp3) is 0.640. The Hall–Kier alpha value is -3.05. The summed E-state index contributed by atoms with van der Waals surface area (Å²) in [6, 6.07) is 3.07. The maximum absolute atomic E-state index is 12.9. The predicted octanol–water partition coefficient (Wildman–Crippen LogP) is -0.204. The molecule has 1 aliphatic heterocycles. The predicted molar refractivity (Wildman–Crippen MR) is 137 cm³/mol. The first-order valence-electron chi connectivity index (χ1n) is 12.7. The van der Waals surface area contributed by atoms with E-state index < -0.39 is 23.9 Å². The first-order valence-corrected chi connectivity index (χ1v) is 12.7. The van der Waals surface area contributed by atoms with Crippen molar-refractivity contribution in [2.75, 3.05) is 39.3 Å². The van der Waals surface area contributed by atoms with Gasteiger partial charge in [0, 0.05) is 39.3 Å². The SMILES string of the molecule is CC(C)C[C@@H]1NC(=O)c2cccc(n2)C(=O)N[C@@H](CC(C)C)C(=O)NCCNCCNCCNC1=O. The molecule has 0 aliphatic carbocycles. The van der Waals surface area contributed by atoms with E-state index in [2.05, 4.69) is 36.9 Å². The molecular formula is C25H41N7O4. The molecule has 11 heteroatoms. The quantitative estimate of drug-likeness (QED) is 0.333. The molecule has 1 aromatic heterocycles. The normalized spacial score (nSPS) is 21.7. The molecule has 0 spiro atoms. The van der Waals surface area contributed by atoms with E-state index in [9.17, 15) is 19.2 Å². The molecule has 1 aromatic rings. The summed E-state index contributed by atoms with van der Waals surface area (Å²) >= 11 is 0. The number of pyridine rings is 1. The van der Waals surface area contributed by atoms with Crippen molar-refractivity contribution in [2.45, 2.75) is 52.6 Å². The highest BCUT2D eigenvalue weighted by Crippen LogP contribution is 2.09. The van der Waals surface area contributed by atoms with Gasteiger partial charge >= 0.3 is 0 Å². The van der Waals surface area contributed by atoms with Gasteiger partial charge in [0.25, 0.3) is 11.8 Å². The fourth-order valence-corrected chi connectivity index (χ4v) is 3.78. The number of hydrogen-bond acceptors (Lipinski definition) is 7. The van der Waals surface area contributed by atoms with E-state index in [0.717, 1.165) is 0 Å². The summed E-state index contributed by atoms with van der Waals surface area (Å²) in [5.41, 5.74) is 0.0420. The second-order valence-corrected chi connectivity index (χ2v) is 9.80. The number of nitrogens with zero attached hydrogens (tertiary/aromatic N) is 1. The summed E-state index contributed by atoms with van der Waals surface area (Å²) in [6.07, 6.45) is 0.919. The second-order valence-electron chi connectivity index (χ2n) is 9.80. The Morgan fingerprint density at radius 3 is 1.47 bits per heavy atom. The van der Waals surface area contributed by atoms with E-state index in [0.29, 0.717) is 52.1 Å². The van der Waals surface area contributed by atoms with E-state index in [-0.39, 0.29) is 35.0 Å². The minimum absolute atomic E-state index is 0.0210. The average Bonchev–Trinajstić information content (AvgIpc) is 2.82. The highest BCUT2D eigenvalue weighted by atomic mass is 16.2. The van der Waals surface area contributed by atoms with Gasteiger partial charge in [-0.2, -0.15) is 0 Å². The number of carbonyl (C=O) groups excluding carboxylic acids is 4. The first-order chi connectivity index (χ1) is 17.2. The summed E-state index contributed by atoms with van der Waals surface area (Å²) in [4.78, 5) is 55.6. The first kappa shape index (κ1) is 29.2. The molecule has 0 fully saturated rings. The van der Waals surface area contributed by atoms with Crippen LogP contribution in [0.2, 0.25) is 0 Å². The van der Waals surface area contributed by atoms with Crippen molar-refractivity contribution in [3.63, 3.8) is 0 Å². The lowest BCUT2D eigenvalue weighted by atomic mass is 10.0. The van der Waals surface area contributed by atoms with Crippen LogP contribution in [-0.4, -0.2) is 80.0 Å². The van der Waals surface area contributed by atoms with Crippen LogP contribution in [0.15, 0.2) is 18.2 Å². The molecule has 0 aromatic carbocycles. The molecule has 36 heavy (non-hydrogen) atoms. The molecule has 0 radical (unpaired) electrons. The molecule has 4 amide bonds. The Balaban J connectivity index is 2.24. The lowest BCUT2D eigenvalue weighted by Gasteiger charge is -2.21. The summed E-state index contributed by atoms with van der Waals surface area (Å²) in [5.74, 6) is -1.27. The van der Waals surface area contributed by atoms with Crippen LogP contribution in [0.1, 0.15) is 61.5 Å². The second kappa shape index (κ2) is 15.1. The van der Waals surface area contributed by atoms with Crippen LogP contribution < -0.4 is 31.9 Å². The van der Waals surface area contributed by atoms with Gasteiger partial charge in [-0.1, -0.05) is 33.8 Å². The zero-order chi connectivity index (χ0) is 26.5. The van der Waals surface area contributed by atoms with Crippen LogP contribution in [0.5, 0.6) is 0 Å². The smallest absolute Gasteiger partial charge is 0.270 e. The third-order valence-electron chi connectivity index (χ3n) is 5.55. The summed E-state index contributed by atoms with van der Waals surface area (Å²) < 4.78 is 0. The molecule has 0 saturated carbocycles. The van der Waals surface area contributed by atoms with Gasteiger partial charge in [-0.15, -0.1) is 0 Å². The Bertz CT molecular complexity index is 824. The van der Waals surface area contributed by atoms with Gasteiger partial charge in [0.1, 0.15) is 23.5 Å². The van der Waals surface area contributed by atoms with Crippen molar-refractivity contribution < 1.29 is 19.2 Å². The van der Waals surface area contributed by atoms with E-state index in [1.807, 2.05) is 27.7 Å². The van der Waals surface area contributed by atoms with Gasteiger partial charge < -0.3 is 31.9 Å². The molecule has 11 nitrogen and oxygen atoms in total. The third kappa shape index (κ3) is 10.3. The van der Waals surface area contributed by atoms with Crippen molar-refractivity contribution in [3.05, 3.63) is 29.6 Å². The number of hydrogen-bond donors (Lipinski definition) is 6. The van der Waals surface area contributed by atoms with Crippen LogP contribution in [0.4, 0.5) is 0 Å². The molecule has 1 aliphatic rings. The maximum atomic E-state index is 12.9. The largest absolute Gasteiger partial charge is 0.353 e. The Morgan fingerprint density at radius 1 is 0.694 bits per heavy atom. The third-order valence-corrected chi connectivity index (χ3v) is 5.55. The van der Waals surface area contributed by atoms with Gasteiger partial charge in [-0.25, -0.2) is 4.98 Å². The van der Waals surface area contributed by atoms with Gasteiger partial charge in [-0.05, 0) is 36.8 Å². The van der Waals surface area contributed by atoms with Crippen LogP contribution in [0.3, 0.4) is 0 Å². The number of amides is 4. The van der Waals surface area contributed by atoms with Crippen molar-refractivity contribution in [1.82, 2.24) is 36.9 Å². The van der Waals surface area contributed by atoms with Gasteiger partial charge in [0.2, 0.25) is 11.8 Å². The van der Waals surface area contributed by atoms with E-state index in [4.69, 9.17) is 0 Å². The fourth-order valence-electron chi connectivity index (χ4n) is 3.78. The topological polar surface area (TPSA) is 153 Å². The monoisotopic (exact) mass is 503 g/mol. The van der Waals surface area contributed by atoms with Gasteiger partial charge in [0.15, 0.2) is 0 Å². The molecule has 2 rings (SSSR count). The highest BCUT2D eigenvalue weighted by molar-refractivity contribution is 5.99. The average molecular weight is 504 g/mol. The van der Waals surface area contributed by atoms with E-state index >= 15 is 0 Å². The van der Waals surface area contributed by atoms with Crippen LogP contribution in [-0.2, 0) is 9.59 Å². The molecule has 2 bridgehead atoms.